The number of hydrogen-bond acceptors (Lipinski definition) is 6. The molecule has 4 N–H and O–H groups in total. The van der Waals surface area contributed by atoms with Crippen LogP contribution < -0.4 is 11.2 Å². The third-order valence-electron chi connectivity index (χ3n) is 4.92. The molecule has 1 aliphatic rings. The molecular formula is C20H23N3O3S. The van der Waals surface area contributed by atoms with Crippen LogP contribution in [0.4, 0.5) is 5.69 Å². The number of nitrogens with zero attached hydrogens (tertiary/aromatic N) is 1. The molecule has 1 heterocycles. The highest BCUT2D eigenvalue weighted by Gasteiger charge is 2.33. The van der Waals surface area contributed by atoms with E-state index in [1.165, 1.54) is 11.3 Å². The lowest BCUT2D eigenvalue weighted by Gasteiger charge is -2.29. The van der Waals surface area contributed by atoms with Crippen molar-refractivity contribution in [3.63, 3.8) is 0 Å². The Bertz CT molecular complexity index is 912. The van der Waals surface area contributed by atoms with Crippen LogP contribution in [0.25, 0.3) is 10.4 Å². The lowest BCUT2D eigenvalue weighted by Crippen LogP contribution is -2.22. The number of hydrogen-bond donors (Lipinski definition) is 3. The van der Waals surface area contributed by atoms with Crippen LogP contribution in [0.15, 0.2) is 18.2 Å². The van der Waals surface area contributed by atoms with Gasteiger partial charge in [-0.2, -0.15) is 5.26 Å². The van der Waals surface area contributed by atoms with Crippen molar-refractivity contribution in [2.45, 2.75) is 33.1 Å². The van der Waals surface area contributed by atoms with Gasteiger partial charge in [-0.1, -0.05) is 13.8 Å². The lowest BCUT2D eigenvalue weighted by atomic mass is 9.76. The SMILES string of the molecule is CC1(C)CCc2sc(-c3cc(C#N)ccc3NCCON)c(C(=O)O)c2C1. The largest absolute Gasteiger partial charge is 0.478 e. The second kappa shape index (κ2) is 7.69. The molecule has 0 fully saturated rings. The molecule has 0 spiro atoms. The van der Waals surface area contributed by atoms with Crippen LogP contribution in [0, 0.1) is 16.7 Å². The van der Waals surface area contributed by atoms with Crippen molar-refractivity contribution in [1.29, 1.82) is 5.26 Å². The molecule has 0 radical (unpaired) electrons. The van der Waals surface area contributed by atoms with Crippen molar-refractivity contribution >= 4 is 23.0 Å². The van der Waals surface area contributed by atoms with E-state index in [4.69, 9.17) is 5.90 Å². The van der Waals surface area contributed by atoms with E-state index in [-0.39, 0.29) is 5.41 Å². The molecule has 1 aliphatic carbocycles. The number of nitrogens with one attached hydrogen (secondary N) is 1. The van der Waals surface area contributed by atoms with Crippen molar-refractivity contribution in [1.82, 2.24) is 0 Å². The topological polar surface area (TPSA) is 108 Å². The maximum absolute atomic E-state index is 12.2. The second-order valence-corrected chi connectivity index (χ2v) is 8.63. The van der Waals surface area contributed by atoms with Gasteiger partial charge in [-0.25, -0.2) is 10.7 Å². The summed E-state index contributed by atoms with van der Waals surface area (Å²) in [5.41, 5.74) is 3.40. The van der Waals surface area contributed by atoms with Crippen LogP contribution in [0.2, 0.25) is 0 Å². The van der Waals surface area contributed by atoms with Crippen LogP contribution in [-0.2, 0) is 17.7 Å². The molecule has 0 saturated carbocycles. The number of benzene rings is 1. The zero-order valence-corrected chi connectivity index (χ0v) is 16.3. The van der Waals surface area contributed by atoms with Gasteiger partial charge in [0.05, 0.1) is 28.7 Å². The molecule has 1 aromatic carbocycles. The Kier molecular flexibility index (Phi) is 5.51. The van der Waals surface area contributed by atoms with Crippen molar-refractivity contribution in [2.24, 2.45) is 11.3 Å². The Balaban J connectivity index is 2.15. The monoisotopic (exact) mass is 385 g/mol. The number of rotatable bonds is 6. The summed E-state index contributed by atoms with van der Waals surface area (Å²) in [6, 6.07) is 7.41. The van der Waals surface area contributed by atoms with Crippen molar-refractivity contribution < 1.29 is 14.7 Å². The average Bonchev–Trinajstić information content (AvgIpc) is 2.99. The molecular weight excluding hydrogens is 362 g/mol. The van der Waals surface area contributed by atoms with Gasteiger partial charge in [0.1, 0.15) is 0 Å². The van der Waals surface area contributed by atoms with Gasteiger partial charge in [-0.15, -0.1) is 11.3 Å². The summed E-state index contributed by atoms with van der Waals surface area (Å²) in [4.78, 5) is 18.6. The summed E-state index contributed by atoms with van der Waals surface area (Å²) in [5, 5.41) is 22.5. The Labute approximate surface area is 162 Å². The molecule has 0 aliphatic heterocycles. The molecule has 0 amide bonds. The zero-order chi connectivity index (χ0) is 19.6. The summed E-state index contributed by atoms with van der Waals surface area (Å²) < 4.78 is 0. The number of thiophene rings is 1. The summed E-state index contributed by atoms with van der Waals surface area (Å²) >= 11 is 1.53. The van der Waals surface area contributed by atoms with Gasteiger partial charge < -0.3 is 15.3 Å². The maximum Gasteiger partial charge on any atom is 0.337 e. The van der Waals surface area contributed by atoms with E-state index in [1.54, 1.807) is 18.2 Å². The molecule has 1 aromatic heterocycles. The van der Waals surface area contributed by atoms with E-state index < -0.39 is 5.97 Å². The number of carbonyl (C=O) groups is 1. The van der Waals surface area contributed by atoms with E-state index in [2.05, 4.69) is 30.1 Å². The van der Waals surface area contributed by atoms with Crippen molar-refractivity contribution in [3.05, 3.63) is 39.8 Å². The minimum atomic E-state index is -0.918. The van der Waals surface area contributed by atoms with Crippen molar-refractivity contribution in [2.75, 3.05) is 18.5 Å². The summed E-state index contributed by atoms with van der Waals surface area (Å²) in [6.07, 6.45) is 2.67. The van der Waals surface area contributed by atoms with E-state index >= 15 is 0 Å². The smallest absolute Gasteiger partial charge is 0.337 e. The molecule has 6 nitrogen and oxygen atoms in total. The van der Waals surface area contributed by atoms with Gasteiger partial charge in [-0.3, -0.25) is 0 Å². The fourth-order valence-corrected chi connectivity index (χ4v) is 4.88. The number of fused-ring (bicyclic) bond motifs is 1. The first-order valence-electron chi connectivity index (χ1n) is 8.84. The number of nitriles is 1. The van der Waals surface area contributed by atoms with Crippen LogP contribution in [0.3, 0.4) is 0 Å². The van der Waals surface area contributed by atoms with Gasteiger partial charge in [0.15, 0.2) is 0 Å². The number of anilines is 1. The Morgan fingerprint density at radius 2 is 2.26 bits per heavy atom. The predicted octanol–water partition coefficient (Wildman–Crippen LogP) is 3.80. The third kappa shape index (κ3) is 3.98. The van der Waals surface area contributed by atoms with Gasteiger partial charge in [0.25, 0.3) is 0 Å². The molecule has 3 rings (SSSR count). The lowest BCUT2D eigenvalue weighted by molar-refractivity contribution is 0.0696. The van der Waals surface area contributed by atoms with Crippen molar-refractivity contribution in [3.8, 4) is 16.5 Å². The summed E-state index contributed by atoms with van der Waals surface area (Å²) in [6.45, 7) is 5.15. The minimum absolute atomic E-state index is 0.0869. The first-order valence-corrected chi connectivity index (χ1v) is 9.66. The number of nitrogens with two attached hydrogens (primary N) is 1. The van der Waals surface area contributed by atoms with Crippen LogP contribution in [0.1, 0.15) is 46.6 Å². The second-order valence-electron chi connectivity index (χ2n) is 7.52. The van der Waals surface area contributed by atoms with Gasteiger partial charge in [0, 0.05) is 22.7 Å². The van der Waals surface area contributed by atoms with Gasteiger partial charge in [0.2, 0.25) is 0 Å². The van der Waals surface area contributed by atoms with Crippen LogP contribution >= 0.6 is 11.3 Å². The highest BCUT2D eigenvalue weighted by atomic mass is 32.1. The summed E-state index contributed by atoms with van der Waals surface area (Å²) in [7, 11) is 0. The van der Waals surface area contributed by atoms with Crippen LogP contribution in [0.5, 0.6) is 0 Å². The molecule has 0 saturated heterocycles. The average molecular weight is 385 g/mol. The number of aromatic carboxylic acids is 1. The molecule has 0 bridgehead atoms. The standard InChI is InChI=1S/C20H23N3O3S/c1-20(2)6-5-16-14(10-20)17(19(24)25)18(27-16)13-9-12(11-21)3-4-15(13)23-7-8-26-22/h3-4,9,23H,5-8,10,22H2,1-2H3,(H,24,25). The van der Waals surface area contributed by atoms with E-state index in [1.807, 2.05) is 0 Å². The fourth-order valence-electron chi connectivity index (χ4n) is 3.54. The minimum Gasteiger partial charge on any atom is -0.478 e. The van der Waals surface area contributed by atoms with Gasteiger partial charge >= 0.3 is 5.97 Å². The van der Waals surface area contributed by atoms with Gasteiger partial charge in [-0.05, 0) is 48.4 Å². The normalized spacial score (nSPS) is 15.0. The molecule has 7 heteroatoms. The fraction of sp³-hybridized carbons (Fsp3) is 0.400. The molecule has 2 aromatic rings. The Hall–Kier alpha value is -2.40. The van der Waals surface area contributed by atoms with E-state index in [0.717, 1.165) is 41.0 Å². The predicted molar refractivity (Wildman–Crippen MR) is 106 cm³/mol. The third-order valence-corrected chi connectivity index (χ3v) is 6.24. The highest BCUT2D eigenvalue weighted by molar-refractivity contribution is 7.16. The first kappa shape index (κ1) is 19.4. The maximum atomic E-state index is 12.2. The quantitative estimate of drug-likeness (QED) is 0.515. The molecule has 27 heavy (non-hydrogen) atoms. The van der Waals surface area contributed by atoms with E-state index in [9.17, 15) is 15.2 Å². The van der Waals surface area contributed by atoms with Crippen LogP contribution in [-0.4, -0.2) is 24.2 Å². The molecule has 142 valence electrons. The number of aryl methyl sites for hydroxylation is 1. The Morgan fingerprint density at radius 1 is 1.48 bits per heavy atom. The summed E-state index contributed by atoms with van der Waals surface area (Å²) in [5.74, 6) is 4.17. The number of carboxylic acid groups (broad SMARTS) is 1. The van der Waals surface area contributed by atoms with E-state index in [0.29, 0.717) is 29.2 Å². The zero-order valence-electron chi connectivity index (χ0n) is 15.5. The molecule has 0 unspecified atom stereocenters. The highest BCUT2D eigenvalue weighted by Crippen LogP contribution is 2.46. The Morgan fingerprint density at radius 3 is 2.93 bits per heavy atom. The molecule has 0 atom stereocenters. The number of carboxylic acids is 1. The first-order chi connectivity index (χ1) is 12.9.